The lowest BCUT2D eigenvalue weighted by Gasteiger charge is -2.17. The van der Waals surface area contributed by atoms with Gasteiger partial charge in [-0.25, -0.2) is 0 Å². The highest BCUT2D eigenvalue weighted by Gasteiger charge is 2.25. The molecule has 0 aliphatic carbocycles. The maximum atomic E-state index is 12.5. The molecular formula is C17H25ClN4O2. The molecule has 1 amide bonds. The van der Waals surface area contributed by atoms with Gasteiger partial charge in [0.25, 0.3) is 5.91 Å². The third-order valence-electron chi connectivity index (χ3n) is 3.28. The zero-order valence-electron chi connectivity index (χ0n) is 14.5. The van der Waals surface area contributed by atoms with E-state index in [0.29, 0.717) is 24.4 Å². The number of carbonyl (C=O) groups excluding carboxylic acids is 1. The zero-order chi connectivity index (χ0) is 17.0. The quantitative estimate of drug-likeness (QED) is 0.866. The molecule has 2 aromatic rings. The van der Waals surface area contributed by atoms with Crippen LogP contribution in [0, 0.1) is 0 Å². The average molecular weight is 353 g/mol. The van der Waals surface area contributed by atoms with Crippen LogP contribution in [-0.2, 0) is 12.5 Å². The molecule has 1 aromatic heterocycles. The highest BCUT2D eigenvalue weighted by Crippen LogP contribution is 2.25. The standard InChI is InChI=1S/C17H24N4O2.ClH/c1-17(2,3)15-14(11-21(4)20-15)16(22)19-12-5-7-13(8-6-12)23-10-9-18;/h5-8,11H,9-10,18H2,1-4H3,(H,19,22);1H. The van der Waals surface area contributed by atoms with Crippen molar-refractivity contribution in [2.75, 3.05) is 18.5 Å². The van der Waals surface area contributed by atoms with Crippen LogP contribution in [0.4, 0.5) is 5.69 Å². The van der Waals surface area contributed by atoms with Crippen LogP contribution in [0.25, 0.3) is 0 Å². The number of ether oxygens (including phenoxy) is 1. The van der Waals surface area contributed by atoms with Gasteiger partial charge in [-0.15, -0.1) is 12.4 Å². The summed E-state index contributed by atoms with van der Waals surface area (Å²) >= 11 is 0. The van der Waals surface area contributed by atoms with E-state index in [1.165, 1.54) is 0 Å². The van der Waals surface area contributed by atoms with Crippen molar-refractivity contribution in [3.8, 4) is 5.75 Å². The fourth-order valence-electron chi connectivity index (χ4n) is 2.22. The number of nitrogens with zero attached hydrogens (tertiary/aromatic N) is 2. The van der Waals surface area contributed by atoms with Crippen molar-refractivity contribution in [2.24, 2.45) is 12.8 Å². The Morgan fingerprint density at radius 2 is 1.92 bits per heavy atom. The number of anilines is 1. The summed E-state index contributed by atoms with van der Waals surface area (Å²) in [4.78, 5) is 12.5. The number of benzene rings is 1. The van der Waals surface area contributed by atoms with Crippen molar-refractivity contribution in [2.45, 2.75) is 26.2 Å². The molecule has 0 radical (unpaired) electrons. The van der Waals surface area contributed by atoms with Crippen LogP contribution in [0.5, 0.6) is 5.75 Å². The van der Waals surface area contributed by atoms with Gasteiger partial charge in [0, 0.05) is 30.9 Å². The van der Waals surface area contributed by atoms with Crippen molar-refractivity contribution in [3.05, 3.63) is 41.7 Å². The number of rotatable bonds is 5. The Morgan fingerprint density at radius 1 is 1.29 bits per heavy atom. The largest absolute Gasteiger partial charge is 0.492 e. The number of hydrogen-bond acceptors (Lipinski definition) is 4. The number of halogens is 1. The van der Waals surface area contributed by atoms with E-state index in [4.69, 9.17) is 10.5 Å². The monoisotopic (exact) mass is 352 g/mol. The first-order chi connectivity index (χ1) is 10.8. The van der Waals surface area contributed by atoms with Gasteiger partial charge in [-0.3, -0.25) is 9.48 Å². The Kier molecular flexibility index (Phi) is 6.81. The number of hydrogen-bond donors (Lipinski definition) is 2. The number of carbonyl (C=O) groups is 1. The van der Waals surface area contributed by atoms with Gasteiger partial charge in [0.1, 0.15) is 12.4 Å². The topological polar surface area (TPSA) is 82.2 Å². The van der Waals surface area contributed by atoms with E-state index in [1.807, 2.05) is 27.8 Å². The lowest BCUT2D eigenvalue weighted by molar-refractivity contribution is 0.102. The maximum Gasteiger partial charge on any atom is 0.259 e. The summed E-state index contributed by atoms with van der Waals surface area (Å²) in [6, 6.07) is 7.21. The minimum Gasteiger partial charge on any atom is -0.492 e. The van der Waals surface area contributed by atoms with E-state index < -0.39 is 0 Å². The summed E-state index contributed by atoms with van der Waals surface area (Å²) in [5.41, 5.74) is 7.27. The molecule has 0 saturated carbocycles. The summed E-state index contributed by atoms with van der Waals surface area (Å²) in [6.07, 6.45) is 1.74. The Bertz CT molecular complexity index is 675. The van der Waals surface area contributed by atoms with Crippen LogP contribution in [-0.4, -0.2) is 28.8 Å². The first kappa shape index (κ1) is 20.0. The summed E-state index contributed by atoms with van der Waals surface area (Å²) in [7, 11) is 1.82. The minimum atomic E-state index is -0.201. The number of aromatic nitrogens is 2. The summed E-state index contributed by atoms with van der Waals surface area (Å²) in [6.45, 7) is 7.05. The lowest BCUT2D eigenvalue weighted by Crippen LogP contribution is -2.20. The molecule has 1 aromatic carbocycles. The fourth-order valence-corrected chi connectivity index (χ4v) is 2.22. The predicted molar refractivity (Wildman–Crippen MR) is 98.1 cm³/mol. The van der Waals surface area contributed by atoms with Gasteiger partial charge in [-0.1, -0.05) is 20.8 Å². The van der Waals surface area contributed by atoms with Crippen molar-refractivity contribution in [1.29, 1.82) is 0 Å². The zero-order valence-corrected chi connectivity index (χ0v) is 15.3. The molecule has 3 N–H and O–H groups in total. The van der Waals surface area contributed by atoms with Gasteiger partial charge < -0.3 is 15.8 Å². The van der Waals surface area contributed by atoms with Crippen LogP contribution in [0.15, 0.2) is 30.5 Å². The van der Waals surface area contributed by atoms with E-state index in [0.717, 1.165) is 11.4 Å². The van der Waals surface area contributed by atoms with E-state index in [-0.39, 0.29) is 23.7 Å². The molecule has 0 unspecified atom stereocenters. The van der Waals surface area contributed by atoms with Crippen LogP contribution in [0.3, 0.4) is 0 Å². The normalized spacial score (nSPS) is 10.9. The molecule has 0 aliphatic rings. The third kappa shape index (κ3) is 4.97. The van der Waals surface area contributed by atoms with Crippen molar-refractivity contribution in [3.63, 3.8) is 0 Å². The van der Waals surface area contributed by atoms with Crippen LogP contribution in [0.2, 0.25) is 0 Å². The summed E-state index contributed by atoms with van der Waals surface area (Å²) < 4.78 is 7.08. The highest BCUT2D eigenvalue weighted by molar-refractivity contribution is 6.05. The third-order valence-corrected chi connectivity index (χ3v) is 3.28. The smallest absolute Gasteiger partial charge is 0.259 e. The Morgan fingerprint density at radius 3 is 2.46 bits per heavy atom. The first-order valence-electron chi connectivity index (χ1n) is 7.59. The second-order valence-corrected chi connectivity index (χ2v) is 6.43. The maximum absolute atomic E-state index is 12.5. The van der Waals surface area contributed by atoms with E-state index in [9.17, 15) is 4.79 Å². The van der Waals surface area contributed by atoms with E-state index >= 15 is 0 Å². The first-order valence-corrected chi connectivity index (χ1v) is 7.59. The molecule has 0 atom stereocenters. The van der Waals surface area contributed by atoms with Gasteiger partial charge in [0.05, 0.1) is 11.3 Å². The molecule has 0 bridgehead atoms. The molecule has 24 heavy (non-hydrogen) atoms. The Hall–Kier alpha value is -2.05. The second kappa shape index (κ2) is 8.17. The average Bonchev–Trinajstić information content (AvgIpc) is 2.89. The van der Waals surface area contributed by atoms with Gasteiger partial charge in [-0.05, 0) is 24.3 Å². The Balaban J connectivity index is 0.00000288. The number of amides is 1. The molecular weight excluding hydrogens is 328 g/mol. The highest BCUT2D eigenvalue weighted by atomic mass is 35.5. The van der Waals surface area contributed by atoms with Crippen LogP contribution < -0.4 is 15.8 Å². The lowest BCUT2D eigenvalue weighted by atomic mass is 9.89. The molecule has 2 rings (SSSR count). The minimum absolute atomic E-state index is 0. The molecule has 6 nitrogen and oxygen atoms in total. The molecule has 1 heterocycles. The number of nitrogens with one attached hydrogen (secondary N) is 1. The summed E-state index contributed by atoms with van der Waals surface area (Å²) in [5, 5.41) is 7.31. The van der Waals surface area contributed by atoms with Gasteiger partial charge in [-0.2, -0.15) is 5.10 Å². The van der Waals surface area contributed by atoms with Gasteiger partial charge in [0.15, 0.2) is 0 Å². The van der Waals surface area contributed by atoms with Crippen molar-refractivity contribution >= 4 is 24.0 Å². The van der Waals surface area contributed by atoms with E-state index in [1.54, 1.807) is 35.1 Å². The number of nitrogens with two attached hydrogens (primary N) is 1. The van der Waals surface area contributed by atoms with Crippen molar-refractivity contribution < 1.29 is 9.53 Å². The molecule has 0 saturated heterocycles. The predicted octanol–water partition coefficient (Wildman–Crippen LogP) is 2.73. The molecule has 0 aliphatic heterocycles. The second-order valence-electron chi connectivity index (χ2n) is 6.43. The van der Waals surface area contributed by atoms with Gasteiger partial charge >= 0.3 is 0 Å². The van der Waals surface area contributed by atoms with Gasteiger partial charge in [0.2, 0.25) is 0 Å². The molecule has 7 heteroatoms. The molecule has 0 spiro atoms. The summed E-state index contributed by atoms with van der Waals surface area (Å²) in [5.74, 6) is 0.559. The SMILES string of the molecule is Cl.Cn1cc(C(=O)Nc2ccc(OCCN)cc2)c(C(C)(C)C)n1. The molecule has 132 valence electrons. The van der Waals surface area contributed by atoms with Crippen LogP contribution >= 0.6 is 12.4 Å². The van der Waals surface area contributed by atoms with E-state index in [2.05, 4.69) is 10.4 Å². The van der Waals surface area contributed by atoms with Crippen LogP contribution in [0.1, 0.15) is 36.8 Å². The number of aryl methyl sites for hydroxylation is 1. The fraction of sp³-hybridized carbons (Fsp3) is 0.412. The van der Waals surface area contributed by atoms with Crippen molar-refractivity contribution in [1.82, 2.24) is 9.78 Å². The Labute approximate surface area is 148 Å². The molecule has 0 fully saturated rings.